The van der Waals surface area contributed by atoms with Crippen LogP contribution in [0.4, 0.5) is 0 Å². The molecule has 2 atom stereocenters. The molecular formula is C16H22BrClN4OSi. The number of pyridine rings is 1. The smallest absolute Gasteiger partial charge is 0.217 e. The Bertz CT molecular complexity index is 759. The van der Waals surface area contributed by atoms with Crippen LogP contribution in [0.2, 0.25) is 23.2 Å². The molecule has 0 aromatic carbocycles. The van der Waals surface area contributed by atoms with Crippen LogP contribution in [0.15, 0.2) is 23.1 Å². The number of hydrogen-bond acceptors (Lipinski definition) is 4. The van der Waals surface area contributed by atoms with E-state index in [0.717, 1.165) is 17.9 Å². The van der Waals surface area contributed by atoms with Gasteiger partial charge in [0.05, 0.1) is 10.7 Å². The highest BCUT2D eigenvalue weighted by Gasteiger charge is 2.44. The maximum atomic E-state index is 6.62. The van der Waals surface area contributed by atoms with Gasteiger partial charge >= 0.3 is 0 Å². The molecule has 0 spiro atoms. The lowest BCUT2D eigenvalue weighted by atomic mass is 10.1. The number of aromatic nitrogens is 4. The normalized spacial score (nSPS) is 21.1. The van der Waals surface area contributed by atoms with Crippen LogP contribution in [0.3, 0.4) is 0 Å². The van der Waals surface area contributed by atoms with Gasteiger partial charge in [-0.3, -0.25) is 4.98 Å². The van der Waals surface area contributed by atoms with Crippen molar-refractivity contribution in [1.82, 2.24) is 19.7 Å². The molecular weight excluding hydrogens is 408 g/mol. The molecule has 3 heterocycles. The highest BCUT2D eigenvalue weighted by molar-refractivity contribution is 9.10. The average Bonchev–Trinajstić information content (AvgIpc) is 2.97. The Labute approximate surface area is 157 Å². The maximum Gasteiger partial charge on any atom is 0.217 e. The second kappa shape index (κ2) is 6.19. The van der Waals surface area contributed by atoms with E-state index in [4.69, 9.17) is 16.0 Å². The Morgan fingerprint density at radius 2 is 2.08 bits per heavy atom. The van der Waals surface area contributed by atoms with Gasteiger partial charge in [0, 0.05) is 12.6 Å². The van der Waals surface area contributed by atoms with Gasteiger partial charge in [0.15, 0.2) is 14.1 Å². The van der Waals surface area contributed by atoms with E-state index in [1.54, 1.807) is 6.20 Å². The van der Waals surface area contributed by atoms with E-state index in [9.17, 15) is 0 Å². The summed E-state index contributed by atoms with van der Waals surface area (Å²) in [6, 6.07) is 3.64. The summed E-state index contributed by atoms with van der Waals surface area (Å²) in [6.07, 6.45) is 2.42. The standard InChI is InChI=1S/C16H22BrClN4OSi/c1-16(2,3)24(4,5)23-12-9-11(13-10(18)7-6-8-19-13)22-14(12)20-15(17)21-22/h6-8,11-12H,9H2,1-5H3/t11-,12+/m0/s1. The molecule has 0 fully saturated rings. The van der Waals surface area contributed by atoms with Crippen molar-refractivity contribution in [3.63, 3.8) is 0 Å². The molecule has 0 radical (unpaired) electrons. The van der Waals surface area contributed by atoms with Crippen LogP contribution in [0.1, 0.15) is 50.9 Å². The molecule has 0 aliphatic carbocycles. The van der Waals surface area contributed by atoms with Crippen molar-refractivity contribution in [3.8, 4) is 0 Å². The second-order valence-electron chi connectivity index (χ2n) is 7.67. The third-order valence-corrected chi connectivity index (χ3v) is 10.1. The topological polar surface area (TPSA) is 52.8 Å². The molecule has 0 N–H and O–H groups in total. The first-order chi connectivity index (χ1) is 11.1. The van der Waals surface area contributed by atoms with Crippen molar-refractivity contribution in [2.75, 3.05) is 0 Å². The first-order valence-electron chi connectivity index (χ1n) is 8.00. The number of hydrogen-bond donors (Lipinski definition) is 0. The first-order valence-corrected chi connectivity index (χ1v) is 12.1. The predicted octanol–water partition coefficient (Wildman–Crippen LogP) is 5.15. The highest BCUT2D eigenvalue weighted by atomic mass is 79.9. The minimum atomic E-state index is -1.92. The fourth-order valence-corrected chi connectivity index (χ4v) is 4.54. The summed E-state index contributed by atoms with van der Waals surface area (Å²) in [7, 11) is -1.92. The molecule has 5 nitrogen and oxygen atoms in total. The Kier molecular flexibility index (Phi) is 4.66. The van der Waals surface area contributed by atoms with Crippen LogP contribution in [0.25, 0.3) is 0 Å². The number of fused-ring (bicyclic) bond motifs is 1. The summed E-state index contributed by atoms with van der Waals surface area (Å²) < 4.78 is 9.09. The number of halogens is 2. The molecule has 8 heteroatoms. The van der Waals surface area contributed by atoms with Crippen molar-refractivity contribution in [2.45, 2.75) is 57.5 Å². The van der Waals surface area contributed by atoms with E-state index in [1.807, 2.05) is 16.8 Å². The molecule has 1 aliphatic heterocycles. The molecule has 130 valence electrons. The zero-order valence-electron chi connectivity index (χ0n) is 14.5. The third kappa shape index (κ3) is 3.19. The van der Waals surface area contributed by atoms with Gasteiger partial charge in [0.25, 0.3) is 0 Å². The summed E-state index contributed by atoms with van der Waals surface area (Å²) >= 11 is 9.75. The van der Waals surface area contributed by atoms with Crippen molar-refractivity contribution in [3.05, 3.63) is 39.6 Å². The van der Waals surface area contributed by atoms with Crippen LogP contribution in [0, 0.1) is 0 Å². The van der Waals surface area contributed by atoms with Crippen LogP contribution in [-0.2, 0) is 4.43 Å². The predicted molar refractivity (Wildman–Crippen MR) is 101 cm³/mol. The van der Waals surface area contributed by atoms with Crippen LogP contribution in [-0.4, -0.2) is 28.1 Å². The van der Waals surface area contributed by atoms with Gasteiger partial charge in [-0.2, -0.15) is 0 Å². The lowest BCUT2D eigenvalue weighted by molar-refractivity contribution is 0.177. The fourth-order valence-electron chi connectivity index (χ4n) is 2.67. The van der Waals surface area contributed by atoms with Crippen LogP contribution < -0.4 is 0 Å². The van der Waals surface area contributed by atoms with Gasteiger partial charge in [0.2, 0.25) is 4.73 Å². The van der Waals surface area contributed by atoms with Gasteiger partial charge in [-0.05, 0) is 46.2 Å². The van der Waals surface area contributed by atoms with E-state index in [-0.39, 0.29) is 17.2 Å². The number of nitrogens with zero attached hydrogens (tertiary/aromatic N) is 4. The van der Waals surface area contributed by atoms with Gasteiger partial charge in [-0.1, -0.05) is 32.4 Å². The van der Waals surface area contributed by atoms with E-state index in [1.165, 1.54) is 0 Å². The summed E-state index contributed by atoms with van der Waals surface area (Å²) in [4.78, 5) is 9.01. The van der Waals surface area contributed by atoms with Gasteiger partial charge in [-0.15, -0.1) is 5.10 Å². The first kappa shape index (κ1) is 18.0. The fraction of sp³-hybridized carbons (Fsp3) is 0.562. The Balaban J connectivity index is 1.96. The van der Waals surface area contributed by atoms with Crippen LogP contribution in [0.5, 0.6) is 0 Å². The lowest BCUT2D eigenvalue weighted by Gasteiger charge is -2.38. The second-order valence-corrected chi connectivity index (χ2v) is 13.5. The van der Waals surface area contributed by atoms with Crippen LogP contribution >= 0.6 is 27.5 Å². The Morgan fingerprint density at radius 1 is 1.38 bits per heavy atom. The molecule has 0 bridgehead atoms. The monoisotopic (exact) mass is 428 g/mol. The minimum absolute atomic E-state index is 0.0535. The Hall–Kier alpha value is -0.763. The molecule has 0 saturated heterocycles. The highest BCUT2D eigenvalue weighted by Crippen LogP contribution is 2.46. The summed E-state index contributed by atoms with van der Waals surface area (Å²) in [5.41, 5.74) is 0.819. The largest absolute Gasteiger partial charge is 0.407 e. The third-order valence-electron chi connectivity index (χ3n) is 5.00. The van der Waals surface area contributed by atoms with E-state index in [2.05, 4.69) is 64.9 Å². The summed E-state index contributed by atoms with van der Waals surface area (Å²) in [5, 5.41) is 5.27. The van der Waals surface area contributed by atoms with E-state index < -0.39 is 8.32 Å². The van der Waals surface area contributed by atoms with Gasteiger partial charge in [0.1, 0.15) is 12.1 Å². The van der Waals surface area contributed by atoms with Crippen molar-refractivity contribution >= 4 is 35.8 Å². The molecule has 1 aliphatic rings. The summed E-state index contributed by atoms with van der Waals surface area (Å²) in [5.74, 6) is 0.846. The molecule has 0 amide bonds. The lowest BCUT2D eigenvalue weighted by Crippen LogP contribution is -2.41. The van der Waals surface area contributed by atoms with Gasteiger partial charge in [-0.25, -0.2) is 9.67 Å². The Morgan fingerprint density at radius 3 is 2.71 bits per heavy atom. The van der Waals surface area contributed by atoms with Gasteiger partial charge < -0.3 is 4.43 Å². The zero-order chi connectivity index (χ0) is 17.7. The maximum absolute atomic E-state index is 6.62. The molecule has 3 rings (SSSR count). The van der Waals surface area contributed by atoms with Crippen molar-refractivity contribution in [2.24, 2.45) is 0 Å². The van der Waals surface area contributed by atoms with Crippen molar-refractivity contribution in [1.29, 1.82) is 0 Å². The van der Waals surface area contributed by atoms with E-state index in [0.29, 0.717) is 9.76 Å². The molecule has 2 aromatic rings. The summed E-state index contributed by atoms with van der Waals surface area (Å²) in [6.45, 7) is 11.2. The molecule has 2 aromatic heterocycles. The zero-order valence-corrected chi connectivity index (χ0v) is 17.9. The number of rotatable bonds is 3. The SMILES string of the molecule is CC(C)(C)[Si](C)(C)O[C@@H]1C[C@@H](c2ncccc2Cl)n2nc(Br)nc21. The van der Waals surface area contributed by atoms with Crippen molar-refractivity contribution < 1.29 is 4.43 Å². The average molecular weight is 430 g/mol. The minimum Gasteiger partial charge on any atom is -0.407 e. The quantitative estimate of drug-likeness (QED) is 0.633. The molecule has 24 heavy (non-hydrogen) atoms. The molecule has 0 saturated carbocycles. The molecule has 0 unspecified atom stereocenters. The van der Waals surface area contributed by atoms with E-state index >= 15 is 0 Å².